The molecule has 0 aromatic heterocycles. The van der Waals surface area contributed by atoms with Gasteiger partial charge in [0.25, 0.3) is 0 Å². The zero-order chi connectivity index (χ0) is 15.1. The first kappa shape index (κ1) is 15.8. The first-order valence-electron chi connectivity index (χ1n) is 7.01. The van der Waals surface area contributed by atoms with Gasteiger partial charge in [-0.2, -0.15) is 5.26 Å². The molecule has 2 N–H and O–H groups in total. The van der Waals surface area contributed by atoms with Crippen molar-refractivity contribution in [3.63, 3.8) is 0 Å². The van der Waals surface area contributed by atoms with Gasteiger partial charge in [0.2, 0.25) is 5.91 Å². The fraction of sp³-hybridized carbons (Fsp3) is 0.467. The van der Waals surface area contributed by atoms with Gasteiger partial charge in [-0.15, -0.1) is 0 Å². The Balaban J connectivity index is 1.74. The maximum absolute atomic E-state index is 11.8. The van der Waals surface area contributed by atoms with Crippen molar-refractivity contribution >= 4 is 23.2 Å². The topological polar surface area (TPSA) is 74.2 Å². The number of nitriles is 1. The van der Waals surface area contributed by atoms with E-state index < -0.39 is 0 Å². The lowest BCUT2D eigenvalue weighted by atomic mass is 10.1. The second-order valence-electron chi connectivity index (χ2n) is 4.92. The Bertz CT molecular complexity index is 536. The predicted molar refractivity (Wildman–Crippen MR) is 81.3 cm³/mol. The Kier molecular flexibility index (Phi) is 6.00. The molecule has 2 rings (SSSR count). The lowest BCUT2D eigenvalue weighted by Crippen LogP contribution is -2.33. The summed E-state index contributed by atoms with van der Waals surface area (Å²) in [5, 5.41) is 15.1. The van der Waals surface area contributed by atoms with Crippen LogP contribution in [0.15, 0.2) is 18.2 Å². The van der Waals surface area contributed by atoms with Gasteiger partial charge in [0.05, 0.1) is 29.7 Å². The average Bonchev–Trinajstić information content (AvgIpc) is 2.48. The van der Waals surface area contributed by atoms with Crippen LogP contribution in [0, 0.1) is 11.3 Å². The lowest BCUT2D eigenvalue weighted by Gasteiger charge is -2.22. The van der Waals surface area contributed by atoms with Crippen molar-refractivity contribution in [1.29, 1.82) is 5.26 Å². The number of amides is 1. The van der Waals surface area contributed by atoms with Crippen LogP contribution < -0.4 is 10.6 Å². The van der Waals surface area contributed by atoms with Crippen LogP contribution in [0.25, 0.3) is 0 Å². The Hall–Kier alpha value is -1.61. The second-order valence-corrected chi connectivity index (χ2v) is 5.33. The molecule has 1 saturated heterocycles. The molecule has 5 nitrogen and oxygen atoms in total. The van der Waals surface area contributed by atoms with Gasteiger partial charge in [-0.25, -0.2) is 0 Å². The van der Waals surface area contributed by atoms with E-state index in [1.54, 1.807) is 18.2 Å². The minimum atomic E-state index is -0.121. The highest BCUT2D eigenvalue weighted by atomic mass is 35.5. The minimum absolute atomic E-state index is 0.121. The van der Waals surface area contributed by atoms with Crippen LogP contribution in [0.2, 0.25) is 5.02 Å². The van der Waals surface area contributed by atoms with E-state index in [4.69, 9.17) is 21.6 Å². The number of carbonyl (C=O) groups excluding carboxylic acids is 1. The molecule has 1 fully saturated rings. The Morgan fingerprint density at radius 3 is 2.90 bits per heavy atom. The number of nitrogens with one attached hydrogen (secondary N) is 2. The van der Waals surface area contributed by atoms with Gasteiger partial charge >= 0.3 is 0 Å². The van der Waals surface area contributed by atoms with E-state index in [1.807, 2.05) is 6.07 Å². The molecule has 0 radical (unpaired) electrons. The van der Waals surface area contributed by atoms with Crippen molar-refractivity contribution in [1.82, 2.24) is 5.32 Å². The molecular weight excluding hydrogens is 290 g/mol. The third kappa shape index (κ3) is 5.01. The van der Waals surface area contributed by atoms with Crippen LogP contribution in [0.1, 0.15) is 24.8 Å². The van der Waals surface area contributed by atoms with Crippen molar-refractivity contribution < 1.29 is 9.53 Å². The smallest absolute Gasteiger partial charge is 0.226 e. The Morgan fingerprint density at radius 2 is 2.24 bits per heavy atom. The Labute approximate surface area is 129 Å². The number of rotatable bonds is 5. The van der Waals surface area contributed by atoms with Gasteiger partial charge in [-0.3, -0.25) is 4.79 Å². The highest BCUT2D eigenvalue weighted by Gasteiger charge is 2.13. The quantitative estimate of drug-likeness (QED) is 0.875. The zero-order valence-corrected chi connectivity index (χ0v) is 12.4. The average molecular weight is 308 g/mol. The van der Waals surface area contributed by atoms with Gasteiger partial charge < -0.3 is 15.4 Å². The molecule has 1 amide bonds. The molecule has 1 aromatic rings. The van der Waals surface area contributed by atoms with Crippen LogP contribution in [0.4, 0.5) is 5.69 Å². The lowest BCUT2D eigenvalue weighted by molar-refractivity contribution is -0.117. The van der Waals surface area contributed by atoms with Gasteiger partial charge in [0.1, 0.15) is 6.07 Å². The van der Waals surface area contributed by atoms with Crippen molar-refractivity contribution in [3.8, 4) is 6.07 Å². The molecule has 112 valence electrons. The molecule has 0 aliphatic carbocycles. The SMILES string of the molecule is N#Cc1ccc(NC(=O)CCOC2CCNCC2)cc1Cl. The first-order valence-corrected chi connectivity index (χ1v) is 7.38. The third-order valence-electron chi connectivity index (χ3n) is 3.34. The summed E-state index contributed by atoms with van der Waals surface area (Å²) < 4.78 is 5.68. The molecule has 1 aromatic carbocycles. The number of ether oxygens (including phenoxy) is 1. The van der Waals surface area contributed by atoms with E-state index in [1.165, 1.54) is 0 Å². The van der Waals surface area contributed by atoms with Crippen LogP contribution >= 0.6 is 11.6 Å². The molecule has 1 heterocycles. The molecule has 0 saturated carbocycles. The second kappa shape index (κ2) is 7.99. The highest BCUT2D eigenvalue weighted by molar-refractivity contribution is 6.32. The molecule has 0 atom stereocenters. The van der Waals surface area contributed by atoms with Gasteiger partial charge in [-0.05, 0) is 44.1 Å². The molecule has 0 bridgehead atoms. The molecule has 0 spiro atoms. The van der Waals surface area contributed by atoms with Gasteiger partial charge in [-0.1, -0.05) is 11.6 Å². The summed E-state index contributed by atoms with van der Waals surface area (Å²) in [5.74, 6) is -0.121. The van der Waals surface area contributed by atoms with Crippen molar-refractivity contribution in [2.24, 2.45) is 0 Å². The summed E-state index contributed by atoms with van der Waals surface area (Å²) in [6.07, 6.45) is 2.55. The van der Waals surface area contributed by atoms with E-state index in [2.05, 4.69) is 10.6 Å². The minimum Gasteiger partial charge on any atom is -0.378 e. The van der Waals surface area contributed by atoms with E-state index in [0.29, 0.717) is 29.3 Å². The summed E-state index contributed by atoms with van der Waals surface area (Å²) in [4.78, 5) is 11.8. The predicted octanol–water partition coefficient (Wildman–Crippen LogP) is 2.31. The number of piperidine rings is 1. The maximum Gasteiger partial charge on any atom is 0.226 e. The number of carbonyl (C=O) groups is 1. The van der Waals surface area contributed by atoms with Crippen LogP contribution in [-0.4, -0.2) is 31.7 Å². The summed E-state index contributed by atoms with van der Waals surface area (Å²) in [6, 6.07) is 6.80. The molecule has 21 heavy (non-hydrogen) atoms. The van der Waals surface area contributed by atoms with Crippen LogP contribution in [-0.2, 0) is 9.53 Å². The number of hydrogen-bond acceptors (Lipinski definition) is 4. The molecular formula is C15H18ClN3O2. The molecule has 1 aliphatic heterocycles. The van der Waals surface area contributed by atoms with Crippen molar-refractivity contribution in [2.75, 3.05) is 25.0 Å². The summed E-state index contributed by atoms with van der Waals surface area (Å²) in [6.45, 7) is 2.36. The zero-order valence-electron chi connectivity index (χ0n) is 11.7. The summed E-state index contributed by atoms with van der Waals surface area (Å²) in [7, 11) is 0. The Morgan fingerprint density at radius 1 is 1.48 bits per heavy atom. The fourth-order valence-corrected chi connectivity index (χ4v) is 2.41. The highest BCUT2D eigenvalue weighted by Crippen LogP contribution is 2.20. The number of nitrogens with zero attached hydrogens (tertiary/aromatic N) is 1. The summed E-state index contributed by atoms with van der Waals surface area (Å²) in [5.41, 5.74) is 0.981. The monoisotopic (exact) mass is 307 g/mol. The third-order valence-corrected chi connectivity index (χ3v) is 3.65. The number of hydrogen-bond donors (Lipinski definition) is 2. The fourth-order valence-electron chi connectivity index (χ4n) is 2.19. The van der Waals surface area contributed by atoms with Crippen molar-refractivity contribution in [2.45, 2.75) is 25.4 Å². The molecule has 6 heteroatoms. The first-order chi connectivity index (χ1) is 10.2. The number of anilines is 1. The van der Waals surface area contributed by atoms with Gasteiger partial charge in [0, 0.05) is 5.69 Å². The largest absolute Gasteiger partial charge is 0.378 e. The number of halogens is 1. The summed E-state index contributed by atoms with van der Waals surface area (Å²) >= 11 is 5.91. The standard InChI is InChI=1S/C15H18ClN3O2/c16-14-9-12(2-1-11(14)10-17)19-15(20)5-8-21-13-3-6-18-7-4-13/h1-2,9,13,18H,3-8H2,(H,19,20). The van der Waals surface area contributed by atoms with Crippen LogP contribution in [0.5, 0.6) is 0 Å². The molecule has 0 unspecified atom stereocenters. The van der Waals surface area contributed by atoms with Crippen LogP contribution in [0.3, 0.4) is 0 Å². The maximum atomic E-state index is 11.8. The van der Waals surface area contributed by atoms with E-state index in [9.17, 15) is 4.79 Å². The van der Waals surface area contributed by atoms with E-state index in [0.717, 1.165) is 25.9 Å². The van der Waals surface area contributed by atoms with E-state index >= 15 is 0 Å². The van der Waals surface area contributed by atoms with Crippen molar-refractivity contribution in [3.05, 3.63) is 28.8 Å². The number of benzene rings is 1. The normalized spacial score (nSPS) is 15.4. The van der Waals surface area contributed by atoms with Gasteiger partial charge in [0.15, 0.2) is 0 Å². The molecule has 1 aliphatic rings. The van der Waals surface area contributed by atoms with E-state index in [-0.39, 0.29) is 12.0 Å².